The van der Waals surface area contributed by atoms with E-state index in [0.29, 0.717) is 11.4 Å². The zero-order valence-corrected chi connectivity index (χ0v) is 10.8. The number of hydrazine groups is 1. The van der Waals surface area contributed by atoms with Gasteiger partial charge in [-0.15, -0.1) is 0 Å². The minimum Gasteiger partial charge on any atom is -0.308 e. The Morgan fingerprint density at radius 3 is 2.37 bits per heavy atom. The Morgan fingerprint density at radius 1 is 1.11 bits per heavy atom. The molecule has 0 aromatic heterocycles. The van der Waals surface area contributed by atoms with Gasteiger partial charge in [-0.2, -0.15) is 0 Å². The molecule has 104 valence electrons. The first-order valence-electron chi connectivity index (χ1n) is 6.70. The van der Waals surface area contributed by atoms with E-state index in [-0.39, 0.29) is 6.04 Å². The van der Waals surface area contributed by atoms with Gasteiger partial charge < -0.3 is 5.43 Å². The van der Waals surface area contributed by atoms with E-state index in [1.54, 1.807) is 0 Å². The Balaban J connectivity index is 2.19. The van der Waals surface area contributed by atoms with Gasteiger partial charge in [0.1, 0.15) is 5.84 Å². The monoisotopic (exact) mass is 267 g/mol. The second-order valence-corrected chi connectivity index (χ2v) is 4.90. The summed E-state index contributed by atoms with van der Waals surface area (Å²) in [6.45, 7) is 0. The van der Waals surface area contributed by atoms with Crippen LogP contribution in [-0.2, 0) is 0 Å². The van der Waals surface area contributed by atoms with Crippen molar-refractivity contribution in [3.8, 4) is 0 Å². The molecule has 1 aliphatic rings. The van der Waals surface area contributed by atoms with E-state index < -0.39 is 11.6 Å². The van der Waals surface area contributed by atoms with Crippen LogP contribution in [0.25, 0.3) is 0 Å². The number of aliphatic imine (C=N–C) groups is 1. The molecular weight excluding hydrogens is 248 g/mol. The maximum Gasteiger partial charge on any atom is 0.159 e. The molecule has 1 aromatic carbocycles. The van der Waals surface area contributed by atoms with Crippen molar-refractivity contribution in [1.29, 1.82) is 0 Å². The van der Waals surface area contributed by atoms with Crippen molar-refractivity contribution >= 4 is 5.84 Å². The van der Waals surface area contributed by atoms with Crippen LogP contribution in [0.3, 0.4) is 0 Å². The van der Waals surface area contributed by atoms with Gasteiger partial charge in [-0.25, -0.2) is 14.6 Å². The topological polar surface area (TPSA) is 50.4 Å². The molecule has 0 atom stereocenters. The number of hydrogen-bond donors (Lipinski definition) is 2. The second-order valence-electron chi connectivity index (χ2n) is 4.90. The molecule has 0 bridgehead atoms. The van der Waals surface area contributed by atoms with Crippen LogP contribution in [0.15, 0.2) is 23.2 Å². The third-order valence-electron chi connectivity index (χ3n) is 3.47. The summed E-state index contributed by atoms with van der Waals surface area (Å²) in [7, 11) is 0. The summed E-state index contributed by atoms with van der Waals surface area (Å²) in [4.78, 5) is 4.55. The lowest BCUT2D eigenvalue weighted by atomic mass is 10.1. The number of hydrogen-bond acceptors (Lipinski definition) is 2. The fourth-order valence-electron chi connectivity index (χ4n) is 2.41. The van der Waals surface area contributed by atoms with Crippen LogP contribution in [0.4, 0.5) is 8.78 Å². The number of halogens is 2. The predicted molar refractivity (Wildman–Crippen MR) is 71.7 cm³/mol. The number of amidine groups is 1. The zero-order chi connectivity index (χ0) is 13.7. The van der Waals surface area contributed by atoms with E-state index in [9.17, 15) is 8.78 Å². The third kappa shape index (κ3) is 3.73. The highest BCUT2D eigenvalue weighted by Crippen LogP contribution is 2.20. The smallest absolute Gasteiger partial charge is 0.159 e. The first-order chi connectivity index (χ1) is 9.20. The summed E-state index contributed by atoms with van der Waals surface area (Å²) in [5, 5.41) is 0. The predicted octanol–water partition coefficient (Wildman–Crippen LogP) is 2.90. The van der Waals surface area contributed by atoms with Crippen molar-refractivity contribution in [1.82, 2.24) is 5.43 Å². The Hall–Kier alpha value is -1.49. The van der Waals surface area contributed by atoms with Gasteiger partial charge in [-0.05, 0) is 31.0 Å². The van der Waals surface area contributed by atoms with Crippen LogP contribution in [0.2, 0.25) is 0 Å². The summed E-state index contributed by atoms with van der Waals surface area (Å²) in [6, 6.07) is 3.89. The normalized spacial score (nSPS) is 18.2. The molecule has 1 saturated carbocycles. The summed E-state index contributed by atoms with van der Waals surface area (Å²) >= 11 is 0. The lowest BCUT2D eigenvalue weighted by Gasteiger charge is -2.13. The Bertz CT molecular complexity index is 452. The van der Waals surface area contributed by atoms with E-state index in [2.05, 4.69) is 10.4 Å². The van der Waals surface area contributed by atoms with Gasteiger partial charge >= 0.3 is 0 Å². The van der Waals surface area contributed by atoms with E-state index in [1.807, 2.05) is 0 Å². The van der Waals surface area contributed by atoms with Crippen LogP contribution >= 0.6 is 0 Å². The van der Waals surface area contributed by atoms with Crippen molar-refractivity contribution in [3.05, 3.63) is 35.4 Å². The van der Waals surface area contributed by atoms with E-state index in [4.69, 9.17) is 5.84 Å². The first-order valence-corrected chi connectivity index (χ1v) is 6.70. The minimum atomic E-state index is -0.888. The summed E-state index contributed by atoms with van der Waals surface area (Å²) < 4.78 is 26.1. The van der Waals surface area contributed by atoms with E-state index >= 15 is 0 Å². The van der Waals surface area contributed by atoms with Crippen molar-refractivity contribution in [2.75, 3.05) is 0 Å². The molecular formula is C14H19F2N3. The molecule has 0 spiro atoms. The van der Waals surface area contributed by atoms with Crippen molar-refractivity contribution in [2.24, 2.45) is 10.8 Å². The van der Waals surface area contributed by atoms with Gasteiger partial charge in [0.25, 0.3) is 0 Å². The van der Waals surface area contributed by atoms with Crippen LogP contribution in [-0.4, -0.2) is 11.9 Å². The fraction of sp³-hybridized carbons (Fsp3) is 0.500. The number of rotatable bonds is 2. The van der Waals surface area contributed by atoms with Crippen LogP contribution in [0.1, 0.15) is 44.1 Å². The van der Waals surface area contributed by atoms with Gasteiger partial charge in [-0.3, -0.25) is 4.99 Å². The second kappa shape index (κ2) is 6.61. The third-order valence-corrected chi connectivity index (χ3v) is 3.47. The molecule has 0 aliphatic heterocycles. The Morgan fingerprint density at radius 2 is 1.79 bits per heavy atom. The van der Waals surface area contributed by atoms with Crippen LogP contribution < -0.4 is 11.3 Å². The summed E-state index contributed by atoms with van der Waals surface area (Å²) in [5.74, 6) is 4.12. The average Bonchev–Trinajstić information content (AvgIpc) is 2.68. The zero-order valence-electron chi connectivity index (χ0n) is 10.8. The van der Waals surface area contributed by atoms with Gasteiger partial charge in [0, 0.05) is 5.56 Å². The SMILES string of the molecule is NNC(=NC1CCCCCC1)c1ccc(F)c(F)c1. The lowest BCUT2D eigenvalue weighted by Crippen LogP contribution is -2.32. The fourth-order valence-corrected chi connectivity index (χ4v) is 2.41. The molecule has 2 rings (SSSR count). The maximum atomic E-state index is 13.2. The number of nitrogens with one attached hydrogen (secondary N) is 1. The molecule has 3 nitrogen and oxygen atoms in total. The van der Waals surface area contributed by atoms with Crippen molar-refractivity contribution < 1.29 is 8.78 Å². The molecule has 1 aliphatic carbocycles. The van der Waals surface area contributed by atoms with Crippen molar-refractivity contribution in [2.45, 2.75) is 44.6 Å². The first kappa shape index (κ1) is 13.9. The highest BCUT2D eigenvalue weighted by molar-refractivity contribution is 5.98. The number of benzene rings is 1. The number of nitrogens with two attached hydrogens (primary N) is 1. The molecule has 19 heavy (non-hydrogen) atoms. The molecule has 5 heteroatoms. The molecule has 0 amide bonds. The van der Waals surface area contributed by atoms with Crippen molar-refractivity contribution in [3.63, 3.8) is 0 Å². The molecule has 0 saturated heterocycles. The molecule has 1 aromatic rings. The molecule has 0 heterocycles. The van der Waals surface area contributed by atoms with E-state index in [0.717, 1.165) is 37.8 Å². The summed E-state index contributed by atoms with van der Waals surface area (Å²) in [5.41, 5.74) is 2.97. The molecule has 0 unspecified atom stereocenters. The van der Waals surface area contributed by atoms with Crippen LogP contribution in [0, 0.1) is 11.6 Å². The molecule has 1 fully saturated rings. The lowest BCUT2D eigenvalue weighted by molar-refractivity contribution is 0.508. The molecule has 3 N–H and O–H groups in total. The van der Waals surface area contributed by atoms with Gasteiger partial charge in [-0.1, -0.05) is 25.7 Å². The summed E-state index contributed by atoms with van der Waals surface area (Å²) in [6.07, 6.45) is 6.84. The Labute approximate surface area is 111 Å². The average molecular weight is 267 g/mol. The number of nitrogens with zero attached hydrogens (tertiary/aromatic N) is 1. The minimum absolute atomic E-state index is 0.210. The highest BCUT2D eigenvalue weighted by atomic mass is 19.2. The molecule has 0 radical (unpaired) electrons. The maximum absolute atomic E-state index is 13.2. The quantitative estimate of drug-likeness (QED) is 0.284. The van der Waals surface area contributed by atoms with Crippen LogP contribution in [0.5, 0.6) is 0 Å². The largest absolute Gasteiger partial charge is 0.308 e. The van der Waals surface area contributed by atoms with E-state index in [1.165, 1.54) is 18.9 Å². The standard InChI is InChI=1S/C14H19F2N3/c15-12-8-7-10(9-13(12)16)14(19-17)18-11-5-3-1-2-4-6-11/h7-9,11H,1-6,17H2,(H,18,19). The van der Waals surface area contributed by atoms with Gasteiger partial charge in [0.15, 0.2) is 11.6 Å². The highest BCUT2D eigenvalue weighted by Gasteiger charge is 2.13. The van der Waals surface area contributed by atoms with Gasteiger partial charge in [0.05, 0.1) is 6.04 Å². The van der Waals surface area contributed by atoms with Gasteiger partial charge in [0.2, 0.25) is 0 Å². The Kier molecular flexibility index (Phi) is 4.85.